The van der Waals surface area contributed by atoms with Gasteiger partial charge in [0.25, 0.3) is 11.6 Å². The normalized spacial score (nSPS) is 11.7. The van der Waals surface area contributed by atoms with Crippen LogP contribution in [0.2, 0.25) is 0 Å². The van der Waals surface area contributed by atoms with Crippen LogP contribution in [-0.2, 0) is 4.79 Å². The molecule has 2 aromatic carbocycles. The Balaban J connectivity index is 1.40. The van der Waals surface area contributed by atoms with Crippen LogP contribution in [0.25, 0.3) is 16.9 Å². The summed E-state index contributed by atoms with van der Waals surface area (Å²) >= 11 is 0. The van der Waals surface area contributed by atoms with E-state index in [1.54, 1.807) is 18.5 Å². The molecule has 0 radical (unpaired) electrons. The van der Waals surface area contributed by atoms with Crippen LogP contribution in [0, 0.1) is 10.1 Å². The van der Waals surface area contributed by atoms with Crippen molar-refractivity contribution in [1.29, 1.82) is 0 Å². The standard InChI is InChI=1S/C22H18N6O4/c1-14(25-22(30)15-5-4-6-17(11-15)28(31)32)21(29)26-16-9-10-20(23-12-16)27-13-24-18-7-2-3-8-19(18)27/h2-14H,1H3,(H,25,30)(H,26,29). The zero-order valence-electron chi connectivity index (χ0n) is 16.9. The fourth-order valence-electron chi connectivity index (χ4n) is 3.10. The lowest BCUT2D eigenvalue weighted by atomic mass is 10.1. The number of carbonyl (C=O) groups is 2. The van der Waals surface area contributed by atoms with Crippen LogP contribution in [0.4, 0.5) is 11.4 Å². The average molecular weight is 430 g/mol. The van der Waals surface area contributed by atoms with Gasteiger partial charge in [-0.3, -0.25) is 24.3 Å². The summed E-state index contributed by atoms with van der Waals surface area (Å²) in [6.45, 7) is 1.52. The van der Waals surface area contributed by atoms with Gasteiger partial charge in [-0.15, -0.1) is 0 Å². The van der Waals surface area contributed by atoms with Gasteiger partial charge >= 0.3 is 0 Å². The molecule has 1 atom stereocenters. The second kappa shape index (κ2) is 8.64. The number of anilines is 1. The zero-order valence-corrected chi connectivity index (χ0v) is 16.9. The molecule has 4 aromatic rings. The Labute approximate surface area is 182 Å². The predicted octanol–water partition coefficient (Wildman–Crippen LogP) is 3.09. The van der Waals surface area contributed by atoms with Crippen LogP contribution in [0.5, 0.6) is 0 Å². The SMILES string of the molecule is CC(NC(=O)c1cccc([N+](=O)[O-])c1)C(=O)Nc1ccc(-n2cnc3ccccc32)nc1. The second-order valence-electron chi connectivity index (χ2n) is 7.00. The maximum absolute atomic E-state index is 12.5. The fourth-order valence-corrected chi connectivity index (χ4v) is 3.10. The van der Waals surface area contributed by atoms with E-state index in [4.69, 9.17) is 0 Å². The lowest BCUT2D eigenvalue weighted by Crippen LogP contribution is -2.41. The molecule has 0 aliphatic carbocycles. The molecule has 2 aromatic heterocycles. The summed E-state index contributed by atoms with van der Waals surface area (Å²) in [4.78, 5) is 43.8. The number of hydrogen-bond acceptors (Lipinski definition) is 6. The van der Waals surface area contributed by atoms with Crippen molar-refractivity contribution in [2.75, 3.05) is 5.32 Å². The summed E-state index contributed by atoms with van der Waals surface area (Å²) in [5, 5.41) is 16.1. The van der Waals surface area contributed by atoms with E-state index in [0.29, 0.717) is 11.5 Å². The van der Waals surface area contributed by atoms with E-state index in [1.807, 2.05) is 28.8 Å². The van der Waals surface area contributed by atoms with Gasteiger partial charge in [-0.1, -0.05) is 18.2 Å². The van der Waals surface area contributed by atoms with Crippen molar-refractivity contribution in [1.82, 2.24) is 19.9 Å². The number of amides is 2. The number of benzene rings is 2. The van der Waals surface area contributed by atoms with Gasteiger partial charge in [0.05, 0.1) is 27.8 Å². The molecule has 0 bridgehead atoms. The van der Waals surface area contributed by atoms with E-state index in [9.17, 15) is 19.7 Å². The Bertz CT molecular complexity index is 1320. The molecule has 0 aliphatic heterocycles. The molecule has 2 N–H and O–H groups in total. The van der Waals surface area contributed by atoms with Crippen LogP contribution in [0.3, 0.4) is 0 Å². The largest absolute Gasteiger partial charge is 0.341 e. The number of hydrogen-bond donors (Lipinski definition) is 2. The summed E-state index contributed by atoms with van der Waals surface area (Å²) < 4.78 is 1.84. The van der Waals surface area contributed by atoms with Gasteiger partial charge in [-0.25, -0.2) is 9.97 Å². The van der Waals surface area contributed by atoms with Gasteiger partial charge < -0.3 is 10.6 Å². The Hall–Kier alpha value is -4.60. The molecule has 2 amide bonds. The van der Waals surface area contributed by atoms with E-state index in [1.165, 1.54) is 31.3 Å². The molecule has 0 spiro atoms. The number of non-ortho nitro benzene ring substituents is 1. The molecule has 160 valence electrons. The average Bonchev–Trinajstić information content (AvgIpc) is 3.23. The third-order valence-electron chi connectivity index (χ3n) is 4.78. The van der Waals surface area contributed by atoms with Crippen molar-refractivity contribution < 1.29 is 14.5 Å². The summed E-state index contributed by atoms with van der Waals surface area (Å²) in [7, 11) is 0. The molecule has 4 rings (SSSR count). The summed E-state index contributed by atoms with van der Waals surface area (Å²) in [5.41, 5.74) is 2.11. The number of nitro benzene ring substituents is 1. The Morgan fingerprint density at radius 2 is 1.88 bits per heavy atom. The smallest absolute Gasteiger partial charge is 0.270 e. The summed E-state index contributed by atoms with van der Waals surface area (Å²) in [6.07, 6.45) is 3.19. The topological polar surface area (TPSA) is 132 Å². The van der Waals surface area contributed by atoms with Crippen LogP contribution in [0.1, 0.15) is 17.3 Å². The number of pyridine rings is 1. The summed E-state index contributed by atoms with van der Waals surface area (Å²) in [6, 6.07) is 15.5. The number of nitrogens with one attached hydrogen (secondary N) is 2. The van der Waals surface area contributed by atoms with Gasteiger partial charge in [0.1, 0.15) is 18.2 Å². The number of fused-ring (bicyclic) bond motifs is 1. The number of rotatable bonds is 6. The number of nitro groups is 1. The fraction of sp³-hybridized carbons (Fsp3) is 0.0909. The highest BCUT2D eigenvalue weighted by Gasteiger charge is 2.18. The second-order valence-corrected chi connectivity index (χ2v) is 7.00. The minimum absolute atomic E-state index is 0.0948. The summed E-state index contributed by atoms with van der Waals surface area (Å²) in [5.74, 6) is -0.396. The number of carbonyl (C=O) groups excluding carboxylic acids is 2. The molecule has 0 fully saturated rings. The van der Waals surface area contributed by atoms with E-state index in [2.05, 4.69) is 20.6 Å². The Kier molecular flexibility index (Phi) is 5.58. The van der Waals surface area contributed by atoms with E-state index in [0.717, 1.165) is 17.1 Å². The molecular formula is C22H18N6O4. The third-order valence-corrected chi connectivity index (χ3v) is 4.78. The van der Waals surface area contributed by atoms with Crippen LogP contribution in [0.15, 0.2) is 73.2 Å². The zero-order chi connectivity index (χ0) is 22.7. The first-order valence-electron chi connectivity index (χ1n) is 9.67. The first kappa shape index (κ1) is 20.7. The number of para-hydroxylation sites is 2. The highest BCUT2D eigenvalue weighted by atomic mass is 16.6. The van der Waals surface area contributed by atoms with Crippen LogP contribution < -0.4 is 10.6 Å². The minimum atomic E-state index is -0.876. The van der Waals surface area contributed by atoms with Crippen LogP contribution >= 0.6 is 0 Å². The maximum atomic E-state index is 12.5. The van der Waals surface area contributed by atoms with E-state index >= 15 is 0 Å². The van der Waals surface area contributed by atoms with Crippen molar-refractivity contribution in [3.63, 3.8) is 0 Å². The van der Waals surface area contributed by atoms with E-state index in [-0.39, 0.29) is 11.3 Å². The minimum Gasteiger partial charge on any atom is -0.341 e. The van der Waals surface area contributed by atoms with Gasteiger partial charge in [0.2, 0.25) is 5.91 Å². The third kappa shape index (κ3) is 4.29. The first-order valence-corrected chi connectivity index (χ1v) is 9.67. The van der Waals surface area contributed by atoms with Crippen LogP contribution in [-0.4, -0.2) is 37.3 Å². The Morgan fingerprint density at radius 1 is 1.06 bits per heavy atom. The number of aromatic nitrogens is 3. The number of imidazole rings is 1. The monoisotopic (exact) mass is 430 g/mol. The van der Waals surface area contributed by atoms with Crippen molar-refractivity contribution in [2.45, 2.75) is 13.0 Å². The molecule has 0 aliphatic rings. The van der Waals surface area contributed by atoms with Crippen molar-refractivity contribution >= 4 is 34.2 Å². The van der Waals surface area contributed by atoms with E-state index < -0.39 is 22.8 Å². The van der Waals surface area contributed by atoms with Gasteiger partial charge in [-0.05, 0) is 37.3 Å². The van der Waals surface area contributed by atoms with Gasteiger partial charge in [0, 0.05) is 17.7 Å². The highest BCUT2D eigenvalue weighted by Crippen LogP contribution is 2.18. The lowest BCUT2D eigenvalue weighted by Gasteiger charge is -2.14. The molecule has 10 heteroatoms. The molecule has 0 saturated carbocycles. The first-order chi connectivity index (χ1) is 15.4. The molecule has 2 heterocycles. The van der Waals surface area contributed by atoms with Crippen molar-refractivity contribution in [2.24, 2.45) is 0 Å². The molecular weight excluding hydrogens is 412 g/mol. The van der Waals surface area contributed by atoms with Gasteiger partial charge in [0.15, 0.2) is 0 Å². The quantitative estimate of drug-likeness (QED) is 0.357. The number of nitrogens with zero attached hydrogens (tertiary/aromatic N) is 4. The van der Waals surface area contributed by atoms with Crippen molar-refractivity contribution in [3.8, 4) is 5.82 Å². The predicted molar refractivity (Wildman–Crippen MR) is 118 cm³/mol. The van der Waals surface area contributed by atoms with Crippen molar-refractivity contribution in [3.05, 3.63) is 88.9 Å². The Morgan fingerprint density at radius 3 is 2.62 bits per heavy atom. The molecule has 1 unspecified atom stereocenters. The maximum Gasteiger partial charge on any atom is 0.270 e. The molecule has 10 nitrogen and oxygen atoms in total. The van der Waals surface area contributed by atoms with Gasteiger partial charge in [-0.2, -0.15) is 0 Å². The molecule has 0 saturated heterocycles. The molecule has 32 heavy (non-hydrogen) atoms. The lowest BCUT2D eigenvalue weighted by molar-refractivity contribution is -0.384. The highest BCUT2D eigenvalue weighted by molar-refractivity contribution is 6.01.